The lowest BCUT2D eigenvalue weighted by Crippen LogP contribution is -2.02. The predicted molar refractivity (Wildman–Crippen MR) is 107 cm³/mol. The summed E-state index contributed by atoms with van der Waals surface area (Å²) < 4.78 is 0. The molecule has 4 aromatic rings. The van der Waals surface area contributed by atoms with Crippen molar-refractivity contribution in [3.8, 4) is 0 Å². The Labute approximate surface area is 161 Å². The first-order chi connectivity index (χ1) is 12.7. The summed E-state index contributed by atoms with van der Waals surface area (Å²) in [4.78, 5) is 12.0. The molecule has 3 heterocycles. The Hall–Kier alpha value is -2.56. The first kappa shape index (κ1) is 16.9. The standard InChI is InChI=1S/C20H16Cl2N4/c21-16-8-17-15(11-25-20(17)26-12-16)7-13-5-6-19(23-9-13)24-10-14-3-1-2-4-18(14)22/h1-6,8-9,11-12H,7,10H2,(H,23,24)(H,25,26). The van der Waals surface area contributed by atoms with Crippen LogP contribution >= 0.6 is 23.2 Å². The van der Waals surface area contributed by atoms with E-state index >= 15 is 0 Å². The molecule has 0 spiro atoms. The Morgan fingerprint density at radius 1 is 0.962 bits per heavy atom. The van der Waals surface area contributed by atoms with E-state index in [2.05, 4.69) is 26.3 Å². The van der Waals surface area contributed by atoms with Crippen molar-refractivity contribution in [2.45, 2.75) is 13.0 Å². The molecule has 0 unspecified atom stereocenters. The topological polar surface area (TPSA) is 53.6 Å². The molecule has 0 saturated carbocycles. The van der Waals surface area contributed by atoms with Crippen molar-refractivity contribution in [3.05, 3.63) is 87.8 Å². The minimum absolute atomic E-state index is 0.635. The molecule has 0 bridgehead atoms. The lowest BCUT2D eigenvalue weighted by molar-refractivity contribution is 1.09. The summed E-state index contributed by atoms with van der Waals surface area (Å²) in [6.45, 7) is 0.638. The molecule has 4 rings (SSSR count). The van der Waals surface area contributed by atoms with Crippen molar-refractivity contribution in [1.29, 1.82) is 0 Å². The van der Waals surface area contributed by atoms with Crippen molar-refractivity contribution in [2.75, 3.05) is 5.32 Å². The van der Waals surface area contributed by atoms with Crippen LogP contribution in [0.1, 0.15) is 16.7 Å². The van der Waals surface area contributed by atoms with Gasteiger partial charge < -0.3 is 10.3 Å². The molecule has 6 heteroatoms. The molecular weight excluding hydrogens is 367 g/mol. The van der Waals surface area contributed by atoms with Gasteiger partial charge in [0.2, 0.25) is 0 Å². The molecule has 26 heavy (non-hydrogen) atoms. The van der Waals surface area contributed by atoms with Crippen LogP contribution in [0.15, 0.2) is 61.1 Å². The Bertz CT molecular complexity index is 1040. The summed E-state index contributed by atoms with van der Waals surface area (Å²) in [5.41, 5.74) is 4.15. The third kappa shape index (κ3) is 3.66. The van der Waals surface area contributed by atoms with E-state index in [1.807, 2.05) is 48.8 Å². The van der Waals surface area contributed by atoms with E-state index in [0.717, 1.165) is 45.0 Å². The Kier molecular flexibility index (Phi) is 4.78. The third-order valence-electron chi connectivity index (χ3n) is 4.22. The molecule has 0 atom stereocenters. The number of benzene rings is 1. The van der Waals surface area contributed by atoms with E-state index in [0.29, 0.717) is 11.6 Å². The molecule has 0 aliphatic heterocycles. The molecule has 1 aromatic carbocycles. The van der Waals surface area contributed by atoms with Crippen LogP contribution in [-0.2, 0) is 13.0 Å². The highest BCUT2D eigenvalue weighted by atomic mass is 35.5. The average molecular weight is 383 g/mol. The van der Waals surface area contributed by atoms with Crippen LogP contribution in [0.3, 0.4) is 0 Å². The third-order valence-corrected chi connectivity index (χ3v) is 4.80. The highest BCUT2D eigenvalue weighted by Crippen LogP contribution is 2.23. The van der Waals surface area contributed by atoms with Gasteiger partial charge >= 0.3 is 0 Å². The first-order valence-corrected chi connectivity index (χ1v) is 8.98. The molecule has 130 valence electrons. The molecule has 3 aromatic heterocycles. The molecule has 0 aliphatic rings. The molecule has 0 fully saturated rings. The van der Waals surface area contributed by atoms with Gasteiger partial charge in [-0.15, -0.1) is 0 Å². The van der Waals surface area contributed by atoms with Crippen molar-refractivity contribution in [3.63, 3.8) is 0 Å². The lowest BCUT2D eigenvalue weighted by Gasteiger charge is -2.08. The van der Waals surface area contributed by atoms with Crippen LogP contribution in [0, 0.1) is 0 Å². The zero-order valence-corrected chi connectivity index (χ0v) is 15.3. The Morgan fingerprint density at radius 3 is 2.65 bits per heavy atom. The molecular formula is C20H16Cl2N4. The summed E-state index contributed by atoms with van der Waals surface area (Å²) in [7, 11) is 0. The van der Waals surface area contributed by atoms with Crippen molar-refractivity contribution < 1.29 is 0 Å². The van der Waals surface area contributed by atoms with E-state index in [9.17, 15) is 0 Å². The fraction of sp³-hybridized carbons (Fsp3) is 0.100. The van der Waals surface area contributed by atoms with Crippen LogP contribution in [-0.4, -0.2) is 15.0 Å². The maximum Gasteiger partial charge on any atom is 0.137 e. The number of hydrogen-bond acceptors (Lipinski definition) is 3. The number of anilines is 1. The largest absolute Gasteiger partial charge is 0.366 e. The van der Waals surface area contributed by atoms with Crippen LogP contribution in [0.2, 0.25) is 10.0 Å². The van der Waals surface area contributed by atoms with Gasteiger partial charge in [-0.2, -0.15) is 0 Å². The number of fused-ring (bicyclic) bond motifs is 1. The number of pyridine rings is 2. The molecule has 0 amide bonds. The fourth-order valence-corrected chi connectivity index (χ4v) is 3.22. The zero-order valence-electron chi connectivity index (χ0n) is 13.8. The predicted octanol–water partition coefficient (Wildman–Crippen LogP) is 5.47. The van der Waals surface area contributed by atoms with Crippen LogP contribution in [0.5, 0.6) is 0 Å². The quantitative estimate of drug-likeness (QED) is 0.481. The van der Waals surface area contributed by atoms with Crippen molar-refractivity contribution in [2.24, 2.45) is 0 Å². The number of nitrogens with one attached hydrogen (secondary N) is 2. The number of hydrogen-bond donors (Lipinski definition) is 2. The second-order valence-electron chi connectivity index (χ2n) is 6.04. The number of halogens is 2. The van der Waals surface area contributed by atoms with Gasteiger partial charge in [0.1, 0.15) is 11.5 Å². The monoisotopic (exact) mass is 382 g/mol. The zero-order chi connectivity index (χ0) is 17.9. The number of nitrogens with zero attached hydrogens (tertiary/aromatic N) is 2. The Morgan fingerprint density at radius 2 is 1.85 bits per heavy atom. The normalized spacial score (nSPS) is 11.0. The smallest absolute Gasteiger partial charge is 0.137 e. The number of H-pyrrole nitrogens is 1. The van der Waals surface area contributed by atoms with E-state index in [1.165, 1.54) is 0 Å². The van der Waals surface area contributed by atoms with E-state index < -0.39 is 0 Å². The fourth-order valence-electron chi connectivity index (χ4n) is 2.86. The highest BCUT2D eigenvalue weighted by Gasteiger charge is 2.07. The van der Waals surface area contributed by atoms with E-state index in [4.69, 9.17) is 23.2 Å². The van der Waals surface area contributed by atoms with Gasteiger partial charge in [-0.1, -0.05) is 47.5 Å². The second kappa shape index (κ2) is 7.36. The maximum atomic E-state index is 6.18. The number of aromatic nitrogens is 3. The van der Waals surface area contributed by atoms with Gasteiger partial charge in [0.05, 0.1) is 5.02 Å². The minimum atomic E-state index is 0.635. The van der Waals surface area contributed by atoms with Crippen LogP contribution in [0.25, 0.3) is 11.0 Å². The summed E-state index contributed by atoms with van der Waals surface area (Å²) >= 11 is 12.2. The van der Waals surface area contributed by atoms with Gasteiger partial charge in [0.15, 0.2) is 0 Å². The summed E-state index contributed by atoms with van der Waals surface area (Å²) in [5, 5.41) is 5.72. The highest BCUT2D eigenvalue weighted by molar-refractivity contribution is 6.31. The Balaban J connectivity index is 1.45. The lowest BCUT2D eigenvalue weighted by atomic mass is 10.1. The van der Waals surface area contributed by atoms with Crippen LogP contribution in [0.4, 0.5) is 5.82 Å². The maximum absolute atomic E-state index is 6.18. The van der Waals surface area contributed by atoms with Crippen LogP contribution < -0.4 is 5.32 Å². The molecule has 2 N–H and O–H groups in total. The SMILES string of the molecule is Clc1cnc2[nH]cc(Cc3ccc(NCc4ccccc4Cl)nc3)c2c1. The summed E-state index contributed by atoms with van der Waals surface area (Å²) in [6.07, 6.45) is 6.26. The molecule has 0 saturated heterocycles. The van der Waals surface area contributed by atoms with Gasteiger partial charge in [-0.05, 0) is 34.9 Å². The molecule has 0 radical (unpaired) electrons. The first-order valence-electron chi connectivity index (χ1n) is 8.23. The van der Waals surface area contributed by atoms with Gasteiger partial charge in [0.25, 0.3) is 0 Å². The van der Waals surface area contributed by atoms with Crippen molar-refractivity contribution >= 4 is 40.1 Å². The van der Waals surface area contributed by atoms with E-state index in [-0.39, 0.29) is 0 Å². The average Bonchev–Trinajstić information content (AvgIpc) is 3.04. The second-order valence-corrected chi connectivity index (χ2v) is 6.88. The van der Waals surface area contributed by atoms with Gasteiger partial charge in [-0.3, -0.25) is 0 Å². The molecule has 0 aliphatic carbocycles. The number of aromatic amines is 1. The molecule has 4 nitrogen and oxygen atoms in total. The summed E-state index contributed by atoms with van der Waals surface area (Å²) in [6, 6.07) is 13.8. The van der Waals surface area contributed by atoms with Gasteiger partial charge in [0, 0.05) is 42.0 Å². The van der Waals surface area contributed by atoms with Crippen molar-refractivity contribution in [1.82, 2.24) is 15.0 Å². The summed E-state index contributed by atoms with van der Waals surface area (Å²) in [5.74, 6) is 0.817. The van der Waals surface area contributed by atoms with Gasteiger partial charge in [-0.25, -0.2) is 9.97 Å². The minimum Gasteiger partial charge on any atom is -0.366 e. The van der Waals surface area contributed by atoms with E-state index in [1.54, 1.807) is 6.20 Å². The number of rotatable bonds is 5.